The van der Waals surface area contributed by atoms with Gasteiger partial charge in [0, 0.05) is 33.5 Å². The minimum atomic E-state index is -0.812. The molecule has 174 valence electrons. The van der Waals surface area contributed by atoms with Crippen LogP contribution >= 0.6 is 11.8 Å². The second-order valence-corrected chi connectivity index (χ2v) is 8.91. The van der Waals surface area contributed by atoms with Crippen molar-refractivity contribution in [3.63, 3.8) is 0 Å². The summed E-state index contributed by atoms with van der Waals surface area (Å²) in [6.07, 6.45) is 3.01. The highest BCUT2D eigenvalue weighted by molar-refractivity contribution is 7.99. The summed E-state index contributed by atoms with van der Waals surface area (Å²) in [5.74, 6) is -1.76. The number of hydrogen-bond donors (Lipinski definition) is 2. The number of fused-ring (bicyclic) bond motifs is 1. The Hall–Kier alpha value is -3.13. The Bertz CT molecular complexity index is 1240. The van der Waals surface area contributed by atoms with Crippen molar-refractivity contribution in [1.29, 1.82) is 0 Å². The molecular weight excluding hydrogens is 442 g/mol. The molecule has 33 heavy (non-hydrogen) atoms. The highest BCUT2D eigenvalue weighted by Crippen LogP contribution is 2.34. The van der Waals surface area contributed by atoms with Gasteiger partial charge in [0.1, 0.15) is 17.3 Å². The second kappa shape index (κ2) is 10.7. The number of nitrogens with zero attached hydrogens (tertiary/aromatic N) is 2. The molecule has 2 heterocycles. The van der Waals surface area contributed by atoms with E-state index in [1.54, 1.807) is 42.6 Å². The van der Waals surface area contributed by atoms with Crippen LogP contribution in [0.2, 0.25) is 0 Å². The zero-order valence-electron chi connectivity index (χ0n) is 19.4. The molecule has 0 fully saturated rings. The number of H-pyrrole nitrogens is 1. The Balaban J connectivity index is 0.000000968. The normalized spacial score (nSPS) is 11.7. The predicted molar refractivity (Wildman–Crippen MR) is 129 cm³/mol. The van der Waals surface area contributed by atoms with Gasteiger partial charge in [0.05, 0.1) is 17.8 Å². The van der Waals surface area contributed by atoms with E-state index in [-0.39, 0.29) is 5.56 Å². The van der Waals surface area contributed by atoms with Gasteiger partial charge >= 0.3 is 0 Å². The zero-order chi connectivity index (χ0) is 24.1. The summed E-state index contributed by atoms with van der Waals surface area (Å²) in [7, 11) is 1.79. The average molecular weight is 471 g/mol. The van der Waals surface area contributed by atoms with Gasteiger partial charge in [0.2, 0.25) is 0 Å². The maximum atomic E-state index is 14.0. The van der Waals surface area contributed by atoms with Crippen molar-refractivity contribution in [1.82, 2.24) is 20.1 Å². The number of halogens is 2. The Morgan fingerprint density at radius 2 is 1.85 bits per heavy atom. The highest BCUT2D eigenvalue weighted by Gasteiger charge is 2.22. The number of nitrogens with one attached hydrogen (secondary N) is 2. The summed E-state index contributed by atoms with van der Waals surface area (Å²) in [6.45, 7) is 7.74. The van der Waals surface area contributed by atoms with Gasteiger partial charge in [-0.15, -0.1) is 0 Å². The first-order valence-corrected chi connectivity index (χ1v) is 11.6. The number of hydrogen-bond acceptors (Lipinski definition) is 3. The van der Waals surface area contributed by atoms with Crippen LogP contribution in [0.1, 0.15) is 55.0 Å². The molecule has 5 nitrogen and oxygen atoms in total. The van der Waals surface area contributed by atoms with Gasteiger partial charge < -0.3 is 9.88 Å². The standard InChI is InChI=1S/C22H20F2N4OS.C3H8/c1-12(21-16(23)5-4-6-17(21)24)26-22(29)19-10-20(13(2)28(19)3)30-15-7-8-18-14(9-15)11-25-27-18;1-3-2/h4-12H,1-3H3,(H,25,27)(H,26,29);3H2,1-2H3. The molecule has 2 N–H and O–H groups in total. The molecule has 0 aliphatic carbocycles. The first-order valence-electron chi connectivity index (χ1n) is 10.8. The van der Waals surface area contributed by atoms with Crippen molar-refractivity contribution >= 4 is 28.6 Å². The van der Waals surface area contributed by atoms with E-state index in [9.17, 15) is 13.6 Å². The number of amides is 1. The van der Waals surface area contributed by atoms with Crippen LogP contribution in [0.4, 0.5) is 8.78 Å². The summed E-state index contributed by atoms with van der Waals surface area (Å²) in [4.78, 5) is 14.8. The largest absolute Gasteiger partial charge is 0.344 e. The molecule has 0 saturated heterocycles. The lowest BCUT2D eigenvalue weighted by molar-refractivity contribution is 0.0930. The third-order valence-corrected chi connectivity index (χ3v) is 6.26. The third-order valence-electron chi connectivity index (χ3n) is 5.14. The smallest absolute Gasteiger partial charge is 0.268 e. The summed E-state index contributed by atoms with van der Waals surface area (Å²) < 4.78 is 29.8. The van der Waals surface area contributed by atoms with E-state index in [1.165, 1.54) is 24.6 Å². The van der Waals surface area contributed by atoms with Crippen LogP contribution in [0, 0.1) is 18.6 Å². The number of rotatable bonds is 5. The first kappa shape index (κ1) is 24.5. The number of benzene rings is 2. The lowest BCUT2D eigenvalue weighted by Crippen LogP contribution is -2.29. The van der Waals surface area contributed by atoms with Crippen LogP contribution in [0.25, 0.3) is 10.9 Å². The molecule has 0 bridgehead atoms. The molecule has 0 aliphatic rings. The SMILES string of the molecule is CCC.Cc1c(Sc2ccc3[nH]ncc3c2)cc(C(=O)NC(C)c2c(F)cccc2F)n1C. The van der Waals surface area contributed by atoms with E-state index in [1.807, 2.05) is 25.1 Å². The molecule has 0 spiro atoms. The van der Waals surface area contributed by atoms with Gasteiger partial charge in [-0.1, -0.05) is 38.1 Å². The fraction of sp³-hybridized carbons (Fsp3) is 0.280. The molecule has 4 rings (SSSR count). The minimum absolute atomic E-state index is 0.153. The van der Waals surface area contributed by atoms with Crippen LogP contribution in [-0.4, -0.2) is 20.7 Å². The molecule has 1 unspecified atom stereocenters. The van der Waals surface area contributed by atoms with Gasteiger partial charge in [-0.2, -0.15) is 5.10 Å². The minimum Gasteiger partial charge on any atom is -0.344 e. The van der Waals surface area contributed by atoms with Crippen molar-refractivity contribution in [3.8, 4) is 0 Å². The average Bonchev–Trinajstić information content (AvgIpc) is 3.34. The quantitative estimate of drug-likeness (QED) is 0.348. The molecule has 1 atom stereocenters. The van der Waals surface area contributed by atoms with E-state index in [0.717, 1.165) is 26.4 Å². The maximum Gasteiger partial charge on any atom is 0.268 e. The fourth-order valence-electron chi connectivity index (χ4n) is 3.37. The lowest BCUT2D eigenvalue weighted by Gasteiger charge is -2.16. The Kier molecular flexibility index (Phi) is 7.92. The van der Waals surface area contributed by atoms with E-state index >= 15 is 0 Å². The van der Waals surface area contributed by atoms with Crippen LogP contribution in [0.15, 0.2) is 58.5 Å². The molecule has 1 amide bonds. The van der Waals surface area contributed by atoms with Gasteiger partial charge in [-0.3, -0.25) is 9.89 Å². The van der Waals surface area contributed by atoms with Crippen molar-refractivity contribution in [2.75, 3.05) is 0 Å². The van der Waals surface area contributed by atoms with Crippen molar-refractivity contribution in [3.05, 3.63) is 77.2 Å². The number of carbonyl (C=O) groups excluding carboxylic acids is 1. The molecule has 2 aromatic heterocycles. The molecule has 2 aromatic carbocycles. The predicted octanol–water partition coefficient (Wildman–Crippen LogP) is 6.55. The number of aromatic nitrogens is 3. The zero-order valence-corrected chi connectivity index (χ0v) is 20.2. The molecule has 0 radical (unpaired) electrons. The Morgan fingerprint density at radius 3 is 2.52 bits per heavy atom. The monoisotopic (exact) mass is 470 g/mol. The van der Waals surface area contributed by atoms with Crippen LogP contribution < -0.4 is 5.32 Å². The van der Waals surface area contributed by atoms with Crippen LogP contribution in [0.5, 0.6) is 0 Å². The molecular formula is C25H28F2N4OS. The Morgan fingerprint density at radius 1 is 1.18 bits per heavy atom. The van der Waals surface area contributed by atoms with Crippen molar-refractivity contribution in [2.24, 2.45) is 7.05 Å². The maximum absolute atomic E-state index is 14.0. The third kappa shape index (κ3) is 5.45. The Labute approximate surface area is 196 Å². The molecule has 4 aromatic rings. The van der Waals surface area contributed by atoms with E-state index < -0.39 is 23.6 Å². The summed E-state index contributed by atoms with van der Waals surface area (Å²) in [5.41, 5.74) is 2.14. The summed E-state index contributed by atoms with van der Waals surface area (Å²) >= 11 is 1.54. The van der Waals surface area contributed by atoms with Crippen molar-refractivity contribution < 1.29 is 13.6 Å². The van der Waals surface area contributed by atoms with E-state index in [4.69, 9.17) is 0 Å². The highest BCUT2D eigenvalue weighted by atomic mass is 32.2. The number of aromatic amines is 1. The second-order valence-electron chi connectivity index (χ2n) is 7.80. The van der Waals surface area contributed by atoms with Gasteiger partial charge in [-0.05, 0) is 50.2 Å². The van der Waals surface area contributed by atoms with E-state index in [2.05, 4.69) is 29.4 Å². The van der Waals surface area contributed by atoms with Gasteiger partial charge in [-0.25, -0.2) is 8.78 Å². The van der Waals surface area contributed by atoms with Gasteiger partial charge in [0.25, 0.3) is 5.91 Å². The summed E-state index contributed by atoms with van der Waals surface area (Å²) in [5, 5.41) is 10.7. The number of carbonyl (C=O) groups is 1. The fourth-order valence-corrected chi connectivity index (χ4v) is 4.40. The van der Waals surface area contributed by atoms with Gasteiger partial charge in [0.15, 0.2) is 0 Å². The first-order chi connectivity index (χ1) is 15.8. The molecule has 0 saturated carbocycles. The van der Waals surface area contributed by atoms with Crippen LogP contribution in [0.3, 0.4) is 0 Å². The van der Waals surface area contributed by atoms with E-state index in [0.29, 0.717) is 5.69 Å². The summed E-state index contributed by atoms with van der Waals surface area (Å²) in [6, 6.07) is 10.6. The van der Waals surface area contributed by atoms with Crippen molar-refractivity contribution in [2.45, 2.75) is 49.9 Å². The molecule has 8 heteroatoms. The van der Waals surface area contributed by atoms with Crippen LogP contribution in [-0.2, 0) is 7.05 Å². The lowest BCUT2D eigenvalue weighted by atomic mass is 10.1. The topological polar surface area (TPSA) is 62.7 Å². The molecule has 0 aliphatic heterocycles.